The van der Waals surface area contributed by atoms with E-state index < -0.39 is 0 Å². The van der Waals surface area contributed by atoms with Crippen molar-refractivity contribution < 1.29 is 14.5 Å². The Hall–Kier alpha value is -2.37. The second-order valence-electron chi connectivity index (χ2n) is 6.62. The molecular weight excluding hydrogens is 350 g/mol. The van der Waals surface area contributed by atoms with Gasteiger partial charge in [0, 0.05) is 16.4 Å². The summed E-state index contributed by atoms with van der Waals surface area (Å²) >= 11 is 6.06. The molecule has 0 aromatic heterocycles. The molecule has 0 saturated carbocycles. The van der Waals surface area contributed by atoms with Crippen LogP contribution >= 0.6 is 11.6 Å². The number of anilines is 2. The van der Waals surface area contributed by atoms with Crippen LogP contribution in [0.1, 0.15) is 16.7 Å². The van der Waals surface area contributed by atoms with E-state index >= 15 is 0 Å². The quantitative estimate of drug-likeness (QED) is 0.726. The van der Waals surface area contributed by atoms with Crippen molar-refractivity contribution >= 4 is 34.8 Å². The Bertz CT molecular complexity index is 821. The van der Waals surface area contributed by atoms with Crippen molar-refractivity contribution in [3.63, 3.8) is 0 Å². The maximum absolute atomic E-state index is 12.2. The summed E-state index contributed by atoms with van der Waals surface area (Å²) in [6, 6.07) is 11.2. The largest absolute Gasteiger partial charge is 0.322 e. The van der Waals surface area contributed by atoms with Gasteiger partial charge in [-0.2, -0.15) is 0 Å². The monoisotopic (exact) mass is 374 g/mol. The molecule has 1 atom stereocenters. The summed E-state index contributed by atoms with van der Waals surface area (Å²) in [5.74, 6) is -0.288. The number of halogens is 1. The highest BCUT2D eigenvalue weighted by Crippen LogP contribution is 2.19. The highest BCUT2D eigenvalue weighted by Gasteiger charge is 2.15. The van der Waals surface area contributed by atoms with Gasteiger partial charge in [-0.15, -0.1) is 0 Å². The van der Waals surface area contributed by atoms with Crippen molar-refractivity contribution in [1.82, 2.24) is 0 Å². The average molecular weight is 375 g/mol. The van der Waals surface area contributed by atoms with E-state index in [0.29, 0.717) is 10.7 Å². The number of aryl methyl sites for hydroxylation is 2. The van der Waals surface area contributed by atoms with Gasteiger partial charge in [-0.1, -0.05) is 29.8 Å². The molecule has 0 bridgehead atoms. The summed E-state index contributed by atoms with van der Waals surface area (Å²) in [5, 5.41) is 6.32. The predicted octanol–water partition coefficient (Wildman–Crippen LogP) is 2.36. The minimum Gasteiger partial charge on any atom is -0.322 e. The fraction of sp³-hybridized carbons (Fsp3) is 0.300. The molecule has 26 heavy (non-hydrogen) atoms. The minimum absolute atomic E-state index is 0.123. The van der Waals surface area contributed by atoms with Crippen molar-refractivity contribution in [3.8, 4) is 0 Å². The van der Waals surface area contributed by atoms with Crippen LogP contribution in [0, 0.1) is 20.8 Å². The van der Waals surface area contributed by atoms with Crippen LogP contribution in [0.4, 0.5) is 11.4 Å². The molecule has 3 N–H and O–H groups in total. The molecule has 0 fully saturated rings. The Kier molecular flexibility index (Phi) is 6.77. The van der Waals surface area contributed by atoms with Gasteiger partial charge in [0.15, 0.2) is 13.1 Å². The van der Waals surface area contributed by atoms with E-state index in [-0.39, 0.29) is 24.9 Å². The number of hydrogen-bond acceptors (Lipinski definition) is 2. The Morgan fingerprint density at radius 2 is 1.62 bits per heavy atom. The van der Waals surface area contributed by atoms with Crippen LogP contribution in [0.2, 0.25) is 5.02 Å². The van der Waals surface area contributed by atoms with E-state index in [0.717, 1.165) is 27.3 Å². The Labute approximate surface area is 159 Å². The molecule has 0 aliphatic heterocycles. The number of likely N-dealkylation sites (N-methyl/N-ethyl adjacent to an activating group) is 1. The van der Waals surface area contributed by atoms with E-state index in [1.807, 2.05) is 58.2 Å². The first kappa shape index (κ1) is 19.9. The summed E-state index contributed by atoms with van der Waals surface area (Å²) in [6.45, 7) is 6.27. The lowest BCUT2D eigenvalue weighted by Gasteiger charge is -2.15. The topological polar surface area (TPSA) is 62.6 Å². The first-order chi connectivity index (χ1) is 12.3. The SMILES string of the molecule is Cc1ccc(NC(=O)C[NH+](C)CC(=O)Nc2cccc(C)c2C)cc1Cl. The molecule has 0 saturated heterocycles. The molecule has 138 valence electrons. The molecule has 0 radical (unpaired) electrons. The van der Waals surface area contributed by atoms with E-state index in [2.05, 4.69) is 10.6 Å². The fourth-order valence-corrected chi connectivity index (χ4v) is 2.75. The highest BCUT2D eigenvalue weighted by molar-refractivity contribution is 6.31. The van der Waals surface area contributed by atoms with Crippen LogP contribution in [-0.4, -0.2) is 32.0 Å². The third-order valence-corrected chi connectivity index (χ3v) is 4.67. The molecule has 0 aliphatic carbocycles. The first-order valence-corrected chi connectivity index (χ1v) is 8.87. The molecule has 5 nitrogen and oxygen atoms in total. The van der Waals surface area contributed by atoms with Gasteiger partial charge in [-0.25, -0.2) is 0 Å². The molecule has 2 rings (SSSR count). The highest BCUT2D eigenvalue weighted by atomic mass is 35.5. The van der Waals surface area contributed by atoms with Crippen LogP contribution < -0.4 is 15.5 Å². The number of benzene rings is 2. The Morgan fingerprint density at radius 3 is 2.27 bits per heavy atom. The fourth-order valence-electron chi connectivity index (χ4n) is 2.57. The average Bonchev–Trinajstić information content (AvgIpc) is 2.55. The van der Waals surface area contributed by atoms with Crippen LogP contribution in [0.25, 0.3) is 0 Å². The summed E-state index contributed by atoms with van der Waals surface area (Å²) in [7, 11) is 1.81. The molecule has 2 aromatic carbocycles. The summed E-state index contributed by atoms with van der Waals surface area (Å²) in [4.78, 5) is 25.2. The zero-order valence-electron chi connectivity index (χ0n) is 15.6. The molecular formula is C20H25ClN3O2+. The first-order valence-electron chi connectivity index (χ1n) is 8.49. The van der Waals surface area contributed by atoms with Gasteiger partial charge >= 0.3 is 0 Å². The maximum Gasteiger partial charge on any atom is 0.279 e. The molecule has 0 spiro atoms. The Morgan fingerprint density at radius 1 is 0.962 bits per heavy atom. The van der Waals surface area contributed by atoms with Crippen LogP contribution in [-0.2, 0) is 9.59 Å². The lowest BCUT2D eigenvalue weighted by Crippen LogP contribution is -3.11. The van der Waals surface area contributed by atoms with E-state index in [9.17, 15) is 9.59 Å². The summed E-state index contributed by atoms with van der Waals surface area (Å²) in [6.07, 6.45) is 0. The van der Waals surface area contributed by atoms with E-state index in [1.54, 1.807) is 6.07 Å². The number of quaternary nitrogens is 1. The van der Waals surface area contributed by atoms with Gasteiger partial charge in [0.05, 0.1) is 7.05 Å². The normalized spacial score (nSPS) is 11.7. The number of nitrogens with one attached hydrogen (secondary N) is 3. The van der Waals surface area contributed by atoms with Gasteiger partial charge in [-0.3, -0.25) is 9.59 Å². The molecule has 6 heteroatoms. The standard InChI is InChI=1S/C20H24ClN3O2/c1-13-6-5-7-18(15(13)3)23-20(26)12-24(4)11-19(25)22-16-9-8-14(2)17(21)10-16/h5-10H,11-12H2,1-4H3,(H,22,25)(H,23,26)/p+1. The van der Waals surface area contributed by atoms with E-state index in [1.165, 1.54) is 0 Å². The molecule has 2 aromatic rings. The third-order valence-electron chi connectivity index (χ3n) is 4.26. The van der Waals surface area contributed by atoms with Crippen molar-refractivity contribution in [2.45, 2.75) is 20.8 Å². The smallest absolute Gasteiger partial charge is 0.279 e. The van der Waals surface area contributed by atoms with Crippen molar-refractivity contribution in [2.24, 2.45) is 0 Å². The van der Waals surface area contributed by atoms with E-state index in [4.69, 9.17) is 11.6 Å². The lowest BCUT2D eigenvalue weighted by molar-refractivity contribution is -0.862. The Balaban J connectivity index is 1.86. The summed E-state index contributed by atoms with van der Waals surface area (Å²) < 4.78 is 0. The minimum atomic E-state index is -0.165. The zero-order valence-corrected chi connectivity index (χ0v) is 16.3. The number of amides is 2. The van der Waals surface area contributed by atoms with Crippen LogP contribution in [0.15, 0.2) is 36.4 Å². The third kappa shape index (κ3) is 5.58. The lowest BCUT2D eigenvalue weighted by atomic mass is 10.1. The number of carbonyl (C=O) groups excluding carboxylic acids is 2. The second-order valence-corrected chi connectivity index (χ2v) is 7.03. The van der Waals surface area contributed by atoms with Gasteiger partial charge in [0.2, 0.25) is 0 Å². The molecule has 0 heterocycles. The number of carbonyl (C=O) groups is 2. The van der Waals surface area contributed by atoms with Crippen LogP contribution in [0.5, 0.6) is 0 Å². The van der Waals surface area contributed by atoms with Gasteiger partial charge in [0.25, 0.3) is 11.8 Å². The van der Waals surface area contributed by atoms with Crippen LogP contribution in [0.3, 0.4) is 0 Å². The van der Waals surface area contributed by atoms with Crippen molar-refractivity contribution in [3.05, 3.63) is 58.1 Å². The number of rotatable bonds is 6. The molecule has 1 unspecified atom stereocenters. The van der Waals surface area contributed by atoms with Gasteiger partial charge < -0.3 is 15.5 Å². The molecule has 0 aliphatic rings. The summed E-state index contributed by atoms with van der Waals surface area (Å²) in [5.41, 5.74) is 4.59. The van der Waals surface area contributed by atoms with Crippen molar-refractivity contribution in [2.75, 3.05) is 30.8 Å². The zero-order chi connectivity index (χ0) is 19.3. The predicted molar refractivity (Wildman–Crippen MR) is 106 cm³/mol. The molecule has 2 amide bonds. The number of hydrogen-bond donors (Lipinski definition) is 3. The maximum atomic E-state index is 12.2. The second kappa shape index (κ2) is 8.83. The van der Waals surface area contributed by atoms with Gasteiger partial charge in [-0.05, 0) is 55.7 Å². The van der Waals surface area contributed by atoms with Gasteiger partial charge in [0.1, 0.15) is 0 Å². The van der Waals surface area contributed by atoms with Crippen molar-refractivity contribution in [1.29, 1.82) is 0 Å².